The van der Waals surface area contributed by atoms with E-state index in [9.17, 15) is 0 Å². The van der Waals surface area contributed by atoms with Crippen LogP contribution in [0.4, 0.5) is 16.4 Å². The van der Waals surface area contributed by atoms with Crippen molar-refractivity contribution in [3.8, 4) is 0 Å². The van der Waals surface area contributed by atoms with Crippen LogP contribution in [0.15, 0.2) is 30.3 Å². The average Bonchev–Trinajstić information content (AvgIpc) is 2.64. The highest BCUT2D eigenvalue weighted by Gasteiger charge is 2.11. The molecule has 1 heterocycles. The molecule has 1 aromatic heterocycles. The number of para-hydroxylation sites is 1. The lowest BCUT2D eigenvalue weighted by Crippen LogP contribution is -2.11. The Morgan fingerprint density at radius 3 is 2.56 bits per heavy atom. The summed E-state index contributed by atoms with van der Waals surface area (Å²) in [4.78, 5) is 2.07. The van der Waals surface area contributed by atoms with Crippen LogP contribution >= 0.6 is 22.9 Å². The number of rotatable bonds is 2. The lowest BCUT2D eigenvalue weighted by atomic mass is 10.1. The first-order valence-electron chi connectivity index (χ1n) is 4.94. The van der Waals surface area contributed by atoms with Crippen LogP contribution in [0.25, 0.3) is 0 Å². The Morgan fingerprint density at radius 2 is 2.00 bits per heavy atom. The van der Waals surface area contributed by atoms with Crippen LogP contribution in [-0.4, -0.2) is 7.05 Å². The third-order valence-electron chi connectivity index (χ3n) is 2.49. The lowest BCUT2D eigenvalue weighted by Gasteiger charge is -2.21. The van der Waals surface area contributed by atoms with E-state index in [1.807, 2.05) is 31.3 Å². The second-order valence-corrected chi connectivity index (χ2v) is 5.34. The molecule has 0 radical (unpaired) electrons. The number of hydrogen-bond donors (Lipinski definition) is 1. The first-order chi connectivity index (χ1) is 7.59. The molecule has 0 saturated carbocycles. The van der Waals surface area contributed by atoms with Crippen molar-refractivity contribution >= 4 is 39.3 Å². The third-order valence-corrected chi connectivity index (χ3v) is 3.80. The van der Waals surface area contributed by atoms with Gasteiger partial charge in [-0.15, -0.1) is 11.3 Å². The average molecular weight is 253 g/mol. The summed E-state index contributed by atoms with van der Waals surface area (Å²) < 4.78 is 0.786. The fourth-order valence-electron chi connectivity index (χ4n) is 1.74. The second kappa shape index (κ2) is 4.36. The van der Waals surface area contributed by atoms with Gasteiger partial charge in [0.2, 0.25) is 0 Å². The predicted octanol–water partition coefficient (Wildman–Crippen LogP) is 4.06. The lowest BCUT2D eigenvalue weighted by molar-refractivity contribution is 1.21. The van der Waals surface area contributed by atoms with Gasteiger partial charge in [-0.25, -0.2) is 0 Å². The number of halogens is 1. The molecule has 0 aliphatic rings. The molecule has 2 N–H and O–H groups in total. The Morgan fingerprint density at radius 1 is 1.25 bits per heavy atom. The summed E-state index contributed by atoms with van der Waals surface area (Å²) in [5.41, 5.74) is 8.98. The summed E-state index contributed by atoms with van der Waals surface area (Å²) in [5.74, 6) is 0. The van der Waals surface area contributed by atoms with Crippen LogP contribution in [-0.2, 0) is 0 Å². The van der Waals surface area contributed by atoms with Crippen molar-refractivity contribution in [2.75, 3.05) is 17.7 Å². The molecule has 16 heavy (non-hydrogen) atoms. The van der Waals surface area contributed by atoms with Crippen molar-refractivity contribution in [3.05, 3.63) is 40.2 Å². The summed E-state index contributed by atoms with van der Waals surface area (Å²) in [7, 11) is 2.00. The van der Waals surface area contributed by atoms with Crippen molar-refractivity contribution in [1.29, 1.82) is 0 Å². The number of nitrogens with zero attached hydrogens (tertiary/aromatic N) is 1. The van der Waals surface area contributed by atoms with Crippen LogP contribution in [0.3, 0.4) is 0 Å². The van der Waals surface area contributed by atoms with Gasteiger partial charge in [-0.1, -0.05) is 23.7 Å². The molecule has 0 unspecified atom stereocenters. The highest BCUT2D eigenvalue weighted by molar-refractivity contribution is 7.20. The Kier molecular flexibility index (Phi) is 3.08. The minimum absolute atomic E-state index is 0.784. The van der Waals surface area contributed by atoms with E-state index in [0.29, 0.717) is 0 Å². The molecule has 0 atom stereocenters. The van der Waals surface area contributed by atoms with Crippen LogP contribution in [0.2, 0.25) is 4.34 Å². The van der Waals surface area contributed by atoms with Crippen molar-refractivity contribution in [2.45, 2.75) is 6.92 Å². The Bertz CT molecular complexity index is 487. The van der Waals surface area contributed by atoms with Gasteiger partial charge in [0.05, 0.1) is 20.7 Å². The topological polar surface area (TPSA) is 29.3 Å². The SMILES string of the molecule is Cc1cccc(N)c1N(C)c1ccc(Cl)s1. The van der Waals surface area contributed by atoms with E-state index < -0.39 is 0 Å². The quantitative estimate of drug-likeness (QED) is 0.817. The number of anilines is 3. The summed E-state index contributed by atoms with van der Waals surface area (Å²) in [5, 5.41) is 1.09. The maximum absolute atomic E-state index is 6.00. The number of nitrogens with two attached hydrogens (primary N) is 1. The molecule has 84 valence electrons. The molecule has 1 aromatic carbocycles. The van der Waals surface area contributed by atoms with E-state index in [-0.39, 0.29) is 0 Å². The van der Waals surface area contributed by atoms with Gasteiger partial charge in [0.1, 0.15) is 0 Å². The molecule has 2 aromatic rings. The summed E-state index contributed by atoms with van der Waals surface area (Å²) >= 11 is 7.48. The normalized spacial score (nSPS) is 10.4. The molecule has 0 fully saturated rings. The number of hydrogen-bond acceptors (Lipinski definition) is 3. The Balaban J connectivity index is 2.45. The second-order valence-electron chi connectivity index (χ2n) is 3.65. The van der Waals surface area contributed by atoms with Crippen molar-refractivity contribution in [3.63, 3.8) is 0 Å². The molecule has 4 heteroatoms. The van der Waals surface area contributed by atoms with Crippen molar-refractivity contribution in [1.82, 2.24) is 0 Å². The van der Waals surface area contributed by atoms with Crippen molar-refractivity contribution < 1.29 is 0 Å². The fourth-order valence-corrected chi connectivity index (χ4v) is 2.74. The van der Waals surface area contributed by atoms with Crippen LogP contribution in [0.1, 0.15) is 5.56 Å². The first kappa shape index (κ1) is 11.3. The molecule has 0 amide bonds. The van der Waals surface area contributed by atoms with Crippen LogP contribution in [0, 0.1) is 6.92 Å². The minimum Gasteiger partial charge on any atom is -0.397 e. The van der Waals surface area contributed by atoms with Gasteiger partial charge in [0.25, 0.3) is 0 Å². The van der Waals surface area contributed by atoms with Gasteiger partial charge in [0, 0.05) is 7.05 Å². The number of aryl methyl sites for hydroxylation is 1. The molecule has 2 rings (SSSR count). The molecular formula is C12H13ClN2S. The molecule has 2 nitrogen and oxygen atoms in total. The summed E-state index contributed by atoms with van der Waals surface area (Å²) in [6, 6.07) is 9.82. The zero-order valence-corrected chi connectivity index (χ0v) is 10.8. The van der Waals surface area contributed by atoms with E-state index in [2.05, 4.69) is 17.9 Å². The minimum atomic E-state index is 0.784. The monoisotopic (exact) mass is 252 g/mol. The van der Waals surface area contributed by atoms with Gasteiger partial charge in [-0.05, 0) is 30.7 Å². The summed E-state index contributed by atoms with van der Waals surface area (Å²) in [6.07, 6.45) is 0. The number of benzene rings is 1. The van der Waals surface area contributed by atoms with Crippen LogP contribution < -0.4 is 10.6 Å². The maximum Gasteiger partial charge on any atom is 0.0966 e. The van der Waals surface area contributed by atoms with Crippen molar-refractivity contribution in [2.24, 2.45) is 0 Å². The molecule has 0 aliphatic heterocycles. The van der Waals surface area contributed by atoms with E-state index in [1.54, 1.807) is 11.3 Å². The maximum atomic E-state index is 6.00. The van der Waals surface area contributed by atoms with Gasteiger partial charge in [-0.2, -0.15) is 0 Å². The Hall–Kier alpha value is -1.19. The molecule has 0 aliphatic carbocycles. The molecule has 0 spiro atoms. The predicted molar refractivity (Wildman–Crippen MR) is 73.0 cm³/mol. The molecular weight excluding hydrogens is 240 g/mol. The van der Waals surface area contributed by atoms with Gasteiger partial charge in [0.15, 0.2) is 0 Å². The van der Waals surface area contributed by atoms with Gasteiger partial charge in [-0.3, -0.25) is 0 Å². The van der Waals surface area contributed by atoms with Gasteiger partial charge >= 0.3 is 0 Å². The summed E-state index contributed by atoms with van der Waals surface area (Å²) in [6.45, 7) is 2.05. The van der Waals surface area contributed by atoms with E-state index in [0.717, 1.165) is 26.3 Å². The van der Waals surface area contributed by atoms with Gasteiger partial charge < -0.3 is 10.6 Å². The highest BCUT2D eigenvalue weighted by atomic mass is 35.5. The first-order valence-corrected chi connectivity index (χ1v) is 6.13. The van der Waals surface area contributed by atoms with E-state index in [1.165, 1.54) is 0 Å². The fraction of sp³-hybridized carbons (Fsp3) is 0.167. The Labute approximate surface area is 104 Å². The van der Waals surface area contributed by atoms with Crippen LogP contribution in [0.5, 0.6) is 0 Å². The molecule has 0 saturated heterocycles. The smallest absolute Gasteiger partial charge is 0.0966 e. The third kappa shape index (κ3) is 2.01. The van der Waals surface area contributed by atoms with E-state index in [4.69, 9.17) is 17.3 Å². The number of thiophene rings is 1. The molecule has 0 bridgehead atoms. The standard InChI is InChI=1S/C12H13ClN2S/c1-8-4-3-5-9(14)12(8)15(2)11-7-6-10(13)16-11/h3-7H,14H2,1-2H3. The zero-order valence-electron chi connectivity index (χ0n) is 9.20. The zero-order chi connectivity index (χ0) is 11.7. The van der Waals surface area contributed by atoms with E-state index >= 15 is 0 Å². The largest absolute Gasteiger partial charge is 0.397 e. The number of nitrogen functional groups attached to an aromatic ring is 1. The highest BCUT2D eigenvalue weighted by Crippen LogP contribution is 2.37.